The molecule has 1 heterocycles. The molecule has 0 aliphatic carbocycles. The van der Waals surface area contributed by atoms with Gasteiger partial charge in [0.1, 0.15) is 5.69 Å². The van der Waals surface area contributed by atoms with Crippen LogP contribution in [0.3, 0.4) is 0 Å². The molecule has 1 aromatic heterocycles. The fraction of sp³-hybridized carbons (Fsp3) is 0. The zero-order valence-corrected chi connectivity index (χ0v) is 13.1. The fourth-order valence-corrected chi connectivity index (χ4v) is 2.38. The van der Waals surface area contributed by atoms with Crippen LogP contribution in [0.25, 0.3) is 10.9 Å². The van der Waals surface area contributed by atoms with Crippen LogP contribution >= 0.6 is 15.9 Å². The third kappa shape index (κ3) is 3.20. The first-order chi connectivity index (χ1) is 10.7. The largest absolute Gasteiger partial charge is 0.289 e. The van der Waals surface area contributed by atoms with E-state index in [0.29, 0.717) is 5.69 Å². The third-order valence-corrected chi connectivity index (χ3v) is 3.83. The van der Waals surface area contributed by atoms with Crippen LogP contribution in [0.15, 0.2) is 70.2 Å². The first-order valence-electron chi connectivity index (χ1n) is 6.68. The topological polar surface area (TPSA) is 54.4 Å². The Balaban J connectivity index is 1.74. The Morgan fingerprint density at radius 1 is 1.05 bits per heavy atom. The molecule has 3 aromatic rings. The number of aromatic nitrogens is 1. The molecule has 1 N–H and O–H groups in total. The van der Waals surface area contributed by atoms with E-state index >= 15 is 0 Å². The summed E-state index contributed by atoms with van der Waals surface area (Å²) >= 11 is 3.42. The van der Waals surface area contributed by atoms with Gasteiger partial charge < -0.3 is 0 Å². The first-order valence-corrected chi connectivity index (χ1v) is 7.47. The normalized spacial score (nSPS) is 11.0. The Hall–Kier alpha value is -2.53. The number of pyridine rings is 1. The van der Waals surface area contributed by atoms with Crippen LogP contribution in [-0.2, 0) is 0 Å². The van der Waals surface area contributed by atoms with Gasteiger partial charge in [-0.2, -0.15) is 5.10 Å². The highest BCUT2D eigenvalue weighted by Gasteiger charge is 2.06. The van der Waals surface area contributed by atoms with Crippen molar-refractivity contribution in [3.05, 3.63) is 76.4 Å². The number of amides is 1. The predicted octanol–water partition coefficient (Wildman–Crippen LogP) is 3.76. The Morgan fingerprint density at radius 2 is 1.82 bits per heavy atom. The van der Waals surface area contributed by atoms with Crippen molar-refractivity contribution in [1.82, 2.24) is 10.4 Å². The summed E-state index contributed by atoms with van der Waals surface area (Å²) in [5, 5.41) is 4.96. The summed E-state index contributed by atoms with van der Waals surface area (Å²) in [6, 6.07) is 18.8. The Bertz CT molecular complexity index is 861. The van der Waals surface area contributed by atoms with Crippen molar-refractivity contribution in [2.75, 3.05) is 0 Å². The molecule has 0 saturated heterocycles. The number of benzene rings is 2. The van der Waals surface area contributed by atoms with Crippen LogP contribution in [-0.4, -0.2) is 17.1 Å². The fourth-order valence-electron chi connectivity index (χ4n) is 1.99. The first kappa shape index (κ1) is 14.4. The van der Waals surface area contributed by atoms with Crippen LogP contribution in [0.2, 0.25) is 0 Å². The third-order valence-electron chi connectivity index (χ3n) is 3.11. The summed E-state index contributed by atoms with van der Waals surface area (Å²) in [6.45, 7) is 0. The lowest BCUT2D eigenvalue weighted by Crippen LogP contribution is -2.18. The Morgan fingerprint density at radius 3 is 2.68 bits per heavy atom. The second-order valence-corrected chi connectivity index (χ2v) is 5.46. The summed E-state index contributed by atoms with van der Waals surface area (Å²) in [4.78, 5) is 16.4. The molecule has 0 fully saturated rings. The van der Waals surface area contributed by atoms with Crippen LogP contribution in [0.1, 0.15) is 16.1 Å². The van der Waals surface area contributed by atoms with Crippen molar-refractivity contribution in [2.45, 2.75) is 0 Å². The number of halogens is 1. The lowest BCUT2D eigenvalue weighted by molar-refractivity contribution is 0.0950. The maximum atomic E-state index is 12.1. The minimum Gasteiger partial charge on any atom is -0.266 e. The molecule has 0 spiro atoms. The van der Waals surface area contributed by atoms with Crippen molar-refractivity contribution >= 4 is 39.0 Å². The van der Waals surface area contributed by atoms with E-state index in [-0.39, 0.29) is 5.91 Å². The molecule has 3 rings (SSSR count). The maximum absolute atomic E-state index is 12.1. The van der Waals surface area contributed by atoms with E-state index in [1.165, 1.54) is 0 Å². The van der Waals surface area contributed by atoms with Crippen molar-refractivity contribution < 1.29 is 4.79 Å². The number of hydrogen-bond acceptors (Lipinski definition) is 3. The number of carbonyl (C=O) groups excluding carboxylic acids is 1. The number of para-hydroxylation sites is 1. The highest BCUT2D eigenvalue weighted by atomic mass is 79.9. The van der Waals surface area contributed by atoms with E-state index in [1.54, 1.807) is 12.3 Å². The van der Waals surface area contributed by atoms with Crippen molar-refractivity contribution in [2.24, 2.45) is 5.10 Å². The van der Waals surface area contributed by atoms with Gasteiger partial charge >= 0.3 is 0 Å². The van der Waals surface area contributed by atoms with E-state index in [0.717, 1.165) is 20.9 Å². The molecule has 0 saturated carbocycles. The maximum Gasteiger partial charge on any atom is 0.289 e. The van der Waals surface area contributed by atoms with Gasteiger partial charge in [-0.15, -0.1) is 0 Å². The molecular formula is C17H12BrN3O. The molecule has 0 bridgehead atoms. The molecular weight excluding hydrogens is 342 g/mol. The summed E-state index contributed by atoms with van der Waals surface area (Å²) in [5.74, 6) is -0.339. The van der Waals surface area contributed by atoms with E-state index < -0.39 is 0 Å². The molecule has 0 aliphatic heterocycles. The van der Waals surface area contributed by atoms with E-state index in [2.05, 4.69) is 31.4 Å². The number of hydrogen-bond donors (Lipinski definition) is 1. The second kappa shape index (κ2) is 6.49. The summed E-state index contributed by atoms with van der Waals surface area (Å²) in [5.41, 5.74) is 4.49. The SMILES string of the molecule is O=C(N/N=C/c1ccccc1Br)c1ccc2ccccc2n1. The molecule has 4 nitrogen and oxygen atoms in total. The minimum atomic E-state index is -0.339. The van der Waals surface area contributed by atoms with Gasteiger partial charge in [0.05, 0.1) is 11.7 Å². The Kier molecular flexibility index (Phi) is 4.25. The number of fused-ring (bicyclic) bond motifs is 1. The molecule has 108 valence electrons. The smallest absolute Gasteiger partial charge is 0.266 e. The summed E-state index contributed by atoms with van der Waals surface area (Å²) in [6.07, 6.45) is 1.59. The monoisotopic (exact) mass is 353 g/mol. The lowest BCUT2D eigenvalue weighted by atomic mass is 10.2. The summed E-state index contributed by atoms with van der Waals surface area (Å²) < 4.78 is 0.914. The van der Waals surface area contributed by atoms with Crippen LogP contribution < -0.4 is 5.43 Å². The van der Waals surface area contributed by atoms with Gasteiger partial charge in [0, 0.05) is 15.4 Å². The molecule has 0 unspecified atom stereocenters. The number of nitrogens with one attached hydrogen (secondary N) is 1. The Labute approximate surface area is 136 Å². The molecule has 5 heteroatoms. The number of nitrogens with zero attached hydrogens (tertiary/aromatic N) is 2. The van der Waals surface area contributed by atoms with E-state index in [1.807, 2.05) is 54.6 Å². The van der Waals surface area contributed by atoms with Gasteiger partial charge in [-0.3, -0.25) is 4.79 Å². The summed E-state index contributed by atoms with van der Waals surface area (Å²) in [7, 11) is 0. The number of hydrazone groups is 1. The number of rotatable bonds is 3. The van der Waals surface area contributed by atoms with Gasteiger partial charge in [-0.1, -0.05) is 58.4 Å². The zero-order chi connectivity index (χ0) is 15.4. The lowest BCUT2D eigenvalue weighted by Gasteiger charge is -2.02. The highest BCUT2D eigenvalue weighted by Crippen LogP contribution is 2.13. The van der Waals surface area contributed by atoms with E-state index in [9.17, 15) is 4.79 Å². The standard InChI is InChI=1S/C17H12BrN3O/c18-14-7-3-1-6-13(14)11-19-21-17(22)16-10-9-12-5-2-4-8-15(12)20-16/h1-11H,(H,21,22)/b19-11+. The molecule has 0 aliphatic rings. The number of carbonyl (C=O) groups is 1. The highest BCUT2D eigenvalue weighted by molar-refractivity contribution is 9.10. The second-order valence-electron chi connectivity index (χ2n) is 4.61. The van der Waals surface area contributed by atoms with Gasteiger partial charge in [0.15, 0.2) is 0 Å². The van der Waals surface area contributed by atoms with Gasteiger partial charge in [-0.05, 0) is 18.2 Å². The predicted molar refractivity (Wildman–Crippen MR) is 90.9 cm³/mol. The average molecular weight is 354 g/mol. The van der Waals surface area contributed by atoms with Crippen LogP contribution in [0.4, 0.5) is 0 Å². The molecule has 2 aromatic carbocycles. The quantitative estimate of drug-likeness (QED) is 0.575. The van der Waals surface area contributed by atoms with Crippen molar-refractivity contribution in [3.8, 4) is 0 Å². The van der Waals surface area contributed by atoms with Crippen LogP contribution in [0, 0.1) is 0 Å². The van der Waals surface area contributed by atoms with Crippen molar-refractivity contribution in [1.29, 1.82) is 0 Å². The molecule has 1 amide bonds. The average Bonchev–Trinajstić information content (AvgIpc) is 2.56. The van der Waals surface area contributed by atoms with Crippen molar-refractivity contribution in [3.63, 3.8) is 0 Å². The molecule has 0 radical (unpaired) electrons. The molecule has 22 heavy (non-hydrogen) atoms. The van der Waals surface area contributed by atoms with Gasteiger partial charge in [0.25, 0.3) is 5.91 Å². The molecule has 0 atom stereocenters. The van der Waals surface area contributed by atoms with Gasteiger partial charge in [0.2, 0.25) is 0 Å². The van der Waals surface area contributed by atoms with Gasteiger partial charge in [-0.25, -0.2) is 10.4 Å². The van der Waals surface area contributed by atoms with Crippen LogP contribution in [0.5, 0.6) is 0 Å². The zero-order valence-electron chi connectivity index (χ0n) is 11.5. The van der Waals surface area contributed by atoms with E-state index in [4.69, 9.17) is 0 Å². The minimum absolute atomic E-state index is 0.336.